The zero-order chi connectivity index (χ0) is 21.4. The van der Waals surface area contributed by atoms with E-state index in [1.807, 2.05) is 0 Å². The molecule has 7 heteroatoms. The summed E-state index contributed by atoms with van der Waals surface area (Å²) in [5, 5.41) is 3.01. The van der Waals surface area contributed by atoms with Crippen molar-refractivity contribution in [2.24, 2.45) is 11.8 Å². The molecule has 1 saturated carbocycles. The molecule has 2 rings (SSSR count). The van der Waals surface area contributed by atoms with E-state index in [2.05, 4.69) is 19.2 Å². The number of carbonyl (C=O) groups is 2. The van der Waals surface area contributed by atoms with Gasteiger partial charge in [0.2, 0.25) is 5.75 Å². The molecule has 1 aliphatic carbocycles. The molecule has 0 saturated heterocycles. The molecule has 1 aromatic carbocycles. The summed E-state index contributed by atoms with van der Waals surface area (Å²) in [5.41, 5.74) is 0.853. The van der Waals surface area contributed by atoms with E-state index in [0.717, 1.165) is 18.4 Å². The molecule has 7 nitrogen and oxygen atoms in total. The highest BCUT2D eigenvalue weighted by Crippen LogP contribution is 2.38. The number of methoxy groups -OCH3 is 3. The molecule has 0 aliphatic heterocycles. The van der Waals surface area contributed by atoms with Crippen LogP contribution in [0, 0.1) is 11.8 Å². The lowest BCUT2D eigenvalue weighted by Crippen LogP contribution is -2.45. The number of aryl methyl sites for hydroxylation is 1. The summed E-state index contributed by atoms with van der Waals surface area (Å²) in [4.78, 5) is 24.2. The Labute approximate surface area is 173 Å². The average Bonchev–Trinajstić information content (AvgIpc) is 2.73. The predicted molar refractivity (Wildman–Crippen MR) is 109 cm³/mol. The third-order valence-electron chi connectivity index (χ3n) is 5.76. The molecule has 1 fully saturated rings. The SMILES string of the molecule is COc1cc(CCC(=O)OCC(=O)N[C@H]2CCC[C@H](C)[C@@H]2C)cc(OC)c1OC. The van der Waals surface area contributed by atoms with Crippen LogP contribution in [0.2, 0.25) is 0 Å². The van der Waals surface area contributed by atoms with E-state index in [0.29, 0.717) is 35.5 Å². The van der Waals surface area contributed by atoms with Crippen molar-refractivity contribution in [2.75, 3.05) is 27.9 Å². The van der Waals surface area contributed by atoms with Crippen LogP contribution < -0.4 is 19.5 Å². The Kier molecular flexibility index (Phi) is 8.61. The molecule has 162 valence electrons. The second kappa shape index (κ2) is 10.9. The molecule has 0 spiro atoms. The normalized spacial score (nSPS) is 21.2. The van der Waals surface area contributed by atoms with Gasteiger partial charge in [0, 0.05) is 12.5 Å². The molecule has 1 amide bonds. The molecular formula is C22H33NO6. The van der Waals surface area contributed by atoms with E-state index in [1.165, 1.54) is 13.5 Å². The van der Waals surface area contributed by atoms with Gasteiger partial charge in [0.1, 0.15) is 0 Å². The van der Waals surface area contributed by atoms with Crippen molar-refractivity contribution in [1.29, 1.82) is 0 Å². The maximum Gasteiger partial charge on any atom is 0.306 e. The molecule has 0 unspecified atom stereocenters. The number of nitrogens with one attached hydrogen (secondary N) is 1. The van der Waals surface area contributed by atoms with E-state index >= 15 is 0 Å². The number of hydrogen-bond donors (Lipinski definition) is 1. The summed E-state index contributed by atoms with van der Waals surface area (Å²) in [6, 6.07) is 3.75. The molecule has 0 aromatic heterocycles. The lowest BCUT2D eigenvalue weighted by molar-refractivity contribution is -0.148. The van der Waals surface area contributed by atoms with E-state index < -0.39 is 5.97 Å². The molecule has 0 bridgehead atoms. The molecule has 3 atom stereocenters. The number of rotatable bonds is 9. The Morgan fingerprint density at radius 3 is 2.28 bits per heavy atom. The van der Waals surface area contributed by atoms with Crippen molar-refractivity contribution in [2.45, 2.75) is 52.0 Å². The van der Waals surface area contributed by atoms with Gasteiger partial charge in [0.25, 0.3) is 5.91 Å². The van der Waals surface area contributed by atoms with Gasteiger partial charge in [-0.05, 0) is 42.4 Å². The molecule has 0 radical (unpaired) electrons. The lowest BCUT2D eigenvalue weighted by Gasteiger charge is -2.34. The van der Waals surface area contributed by atoms with Gasteiger partial charge in [-0.2, -0.15) is 0 Å². The predicted octanol–water partition coefficient (Wildman–Crippen LogP) is 3.13. The van der Waals surface area contributed by atoms with Gasteiger partial charge in [-0.15, -0.1) is 0 Å². The van der Waals surface area contributed by atoms with E-state index in [-0.39, 0.29) is 25.0 Å². The topological polar surface area (TPSA) is 83.1 Å². The second-order valence-corrected chi connectivity index (χ2v) is 7.64. The Morgan fingerprint density at radius 1 is 1.03 bits per heavy atom. The number of ether oxygens (including phenoxy) is 4. The molecule has 1 aromatic rings. The highest BCUT2D eigenvalue weighted by Gasteiger charge is 2.28. The fourth-order valence-corrected chi connectivity index (χ4v) is 3.78. The van der Waals surface area contributed by atoms with Crippen LogP contribution in [0.15, 0.2) is 12.1 Å². The molecular weight excluding hydrogens is 374 g/mol. The van der Waals surface area contributed by atoms with Crippen molar-refractivity contribution in [3.8, 4) is 17.2 Å². The van der Waals surface area contributed by atoms with Gasteiger partial charge in [-0.25, -0.2) is 0 Å². The van der Waals surface area contributed by atoms with Crippen LogP contribution in [-0.2, 0) is 20.7 Å². The summed E-state index contributed by atoms with van der Waals surface area (Å²) in [5.74, 6) is 1.94. The van der Waals surface area contributed by atoms with Crippen LogP contribution in [0.4, 0.5) is 0 Å². The van der Waals surface area contributed by atoms with Gasteiger partial charge < -0.3 is 24.3 Å². The number of amides is 1. The van der Waals surface area contributed by atoms with Gasteiger partial charge >= 0.3 is 5.97 Å². The standard InChI is InChI=1S/C22H33NO6/c1-14-7-6-8-17(15(14)2)23-20(24)13-29-21(25)10-9-16-11-18(26-3)22(28-5)19(12-16)27-4/h11-12,14-15,17H,6-10,13H2,1-5H3,(H,23,24)/t14-,15-,17-/m0/s1. The fourth-order valence-electron chi connectivity index (χ4n) is 3.78. The molecule has 29 heavy (non-hydrogen) atoms. The molecule has 1 N–H and O–H groups in total. The minimum absolute atomic E-state index is 0.156. The first-order valence-corrected chi connectivity index (χ1v) is 10.1. The summed E-state index contributed by atoms with van der Waals surface area (Å²) < 4.78 is 21.1. The number of hydrogen-bond acceptors (Lipinski definition) is 6. The zero-order valence-electron chi connectivity index (χ0n) is 18.1. The maximum atomic E-state index is 12.1. The summed E-state index contributed by atoms with van der Waals surface area (Å²) >= 11 is 0. The fraction of sp³-hybridized carbons (Fsp3) is 0.636. The average molecular weight is 408 g/mol. The van der Waals surface area contributed by atoms with Crippen molar-refractivity contribution in [3.63, 3.8) is 0 Å². The summed E-state index contributed by atoms with van der Waals surface area (Å²) in [6.07, 6.45) is 3.89. The van der Waals surface area contributed by atoms with Crippen molar-refractivity contribution in [1.82, 2.24) is 5.32 Å². The van der Waals surface area contributed by atoms with Crippen LogP contribution in [0.5, 0.6) is 17.2 Å². The Morgan fingerprint density at radius 2 is 1.69 bits per heavy atom. The van der Waals surface area contributed by atoms with Gasteiger partial charge in [0.15, 0.2) is 18.1 Å². The van der Waals surface area contributed by atoms with Gasteiger partial charge in [-0.1, -0.05) is 26.7 Å². The number of benzene rings is 1. The highest BCUT2D eigenvalue weighted by molar-refractivity contribution is 5.80. The van der Waals surface area contributed by atoms with Crippen LogP contribution >= 0.6 is 0 Å². The van der Waals surface area contributed by atoms with Crippen molar-refractivity contribution >= 4 is 11.9 Å². The summed E-state index contributed by atoms with van der Waals surface area (Å²) in [6.45, 7) is 4.13. The Bertz CT molecular complexity index is 680. The van der Waals surface area contributed by atoms with E-state index in [1.54, 1.807) is 26.4 Å². The monoisotopic (exact) mass is 407 g/mol. The van der Waals surface area contributed by atoms with Gasteiger partial charge in [-0.3, -0.25) is 9.59 Å². The first-order chi connectivity index (χ1) is 13.9. The third kappa shape index (κ3) is 6.27. The first kappa shape index (κ1) is 22.8. The van der Waals surface area contributed by atoms with Crippen molar-refractivity contribution in [3.05, 3.63) is 17.7 Å². The maximum absolute atomic E-state index is 12.1. The minimum Gasteiger partial charge on any atom is -0.493 e. The van der Waals surface area contributed by atoms with Gasteiger partial charge in [0.05, 0.1) is 21.3 Å². The Balaban J connectivity index is 1.82. The first-order valence-electron chi connectivity index (χ1n) is 10.1. The highest BCUT2D eigenvalue weighted by atomic mass is 16.5. The largest absolute Gasteiger partial charge is 0.493 e. The van der Waals surface area contributed by atoms with E-state index in [4.69, 9.17) is 18.9 Å². The number of carbonyl (C=O) groups excluding carboxylic acids is 2. The second-order valence-electron chi connectivity index (χ2n) is 7.64. The lowest BCUT2D eigenvalue weighted by atomic mass is 9.78. The van der Waals surface area contributed by atoms with Crippen LogP contribution in [0.25, 0.3) is 0 Å². The minimum atomic E-state index is -0.418. The van der Waals surface area contributed by atoms with Crippen molar-refractivity contribution < 1.29 is 28.5 Å². The molecule has 0 heterocycles. The summed E-state index contributed by atoms with van der Waals surface area (Å²) in [7, 11) is 4.63. The van der Waals surface area contributed by atoms with E-state index in [9.17, 15) is 9.59 Å². The smallest absolute Gasteiger partial charge is 0.306 e. The molecule has 1 aliphatic rings. The third-order valence-corrected chi connectivity index (χ3v) is 5.76. The zero-order valence-corrected chi connectivity index (χ0v) is 18.1. The van der Waals surface area contributed by atoms with Crippen LogP contribution in [0.3, 0.4) is 0 Å². The Hall–Kier alpha value is -2.44. The van der Waals surface area contributed by atoms with Crippen LogP contribution in [0.1, 0.15) is 45.1 Å². The van der Waals surface area contributed by atoms with Crippen LogP contribution in [-0.4, -0.2) is 45.9 Å². The quantitative estimate of drug-likeness (QED) is 0.633. The number of esters is 1.